The number of sulfone groups is 1. The van der Waals surface area contributed by atoms with Crippen molar-refractivity contribution in [1.82, 2.24) is 5.32 Å². The smallest absolute Gasteiger partial charge is 0.261 e. The third-order valence-electron chi connectivity index (χ3n) is 6.38. The second-order valence-corrected chi connectivity index (χ2v) is 11.3. The number of hydrogen-bond acceptors (Lipinski definition) is 4. The van der Waals surface area contributed by atoms with E-state index in [9.17, 15) is 13.2 Å². The number of rotatable bonds is 4. The summed E-state index contributed by atoms with van der Waals surface area (Å²) in [4.78, 5) is 14.8. The summed E-state index contributed by atoms with van der Waals surface area (Å²) >= 11 is 1.39. The van der Waals surface area contributed by atoms with E-state index in [1.54, 1.807) is 18.2 Å². The summed E-state index contributed by atoms with van der Waals surface area (Å²) in [6.07, 6.45) is 4.49. The summed E-state index contributed by atoms with van der Waals surface area (Å²) in [7, 11) is -3.36. The summed E-state index contributed by atoms with van der Waals surface area (Å²) in [6, 6.07) is 19.3. The van der Waals surface area contributed by atoms with E-state index in [-0.39, 0.29) is 17.1 Å². The van der Waals surface area contributed by atoms with Crippen molar-refractivity contribution in [2.75, 3.05) is 6.54 Å². The van der Waals surface area contributed by atoms with Gasteiger partial charge in [-0.2, -0.15) is 0 Å². The largest absolute Gasteiger partial charge is 0.350 e. The van der Waals surface area contributed by atoms with Crippen LogP contribution >= 0.6 is 11.3 Å². The van der Waals surface area contributed by atoms with Crippen LogP contribution in [0.5, 0.6) is 0 Å². The van der Waals surface area contributed by atoms with Crippen molar-refractivity contribution in [2.45, 2.75) is 41.7 Å². The molecule has 1 aromatic heterocycles. The molecule has 1 N–H and O–H groups in total. The fraction of sp³-hybridized carbons (Fsp3) is 0.292. The highest BCUT2D eigenvalue weighted by atomic mass is 32.2. The maximum absolute atomic E-state index is 13.0. The Kier molecular flexibility index (Phi) is 4.79. The highest BCUT2D eigenvalue weighted by molar-refractivity contribution is 7.91. The van der Waals surface area contributed by atoms with Gasteiger partial charge < -0.3 is 5.32 Å². The molecule has 0 unspecified atom stereocenters. The van der Waals surface area contributed by atoms with Crippen molar-refractivity contribution in [3.8, 4) is 10.4 Å². The Labute approximate surface area is 180 Å². The predicted molar refractivity (Wildman–Crippen MR) is 120 cm³/mol. The molecule has 2 aromatic carbocycles. The van der Waals surface area contributed by atoms with Gasteiger partial charge in [-0.05, 0) is 36.1 Å². The number of hydrogen-bond donors (Lipinski definition) is 1. The summed E-state index contributed by atoms with van der Waals surface area (Å²) in [6.45, 7) is 0.604. The Balaban J connectivity index is 1.41. The van der Waals surface area contributed by atoms with E-state index in [2.05, 4.69) is 29.6 Å². The molecule has 1 fully saturated rings. The van der Waals surface area contributed by atoms with E-state index >= 15 is 0 Å². The molecule has 4 nitrogen and oxygen atoms in total. The number of carbonyl (C=O) groups is 1. The van der Waals surface area contributed by atoms with Gasteiger partial charge in [0.2, 0.25) is 0 Å². The first kappa shape index (κ1) is 19.5. The van der Waals surface area contributed by atoms with Gasteiger partial charge >= 0.3 is 0 Å². The van der Waals surface area contributed by atoms with Crippen LogP contribution in [-0.4, -0.2) is 20.9 Å². The molecule has 2 heterocycles. The topological polar surface area (TPSA) is 63.2 Å². The van der Waals surface area contributed by atoms with Gasteiger partial charge in [-0.25, -0.2) is 8.42 Å². The molecule has 6 heteroatoms. The van der Waals surface area contributed by atoms with E-state index < -0.39 is 9.84 Å². The summed E-state index contributed by atoms with van der Waals surface area (Å²) in [5.74, 6) is -0.164. The van der Waals surface area contributed by atoms with Crippen molar-refractivity contribution in [3.63, 3.8) is 0 Å². The van der Waals surface area contributed by atoms with Crippen molar-refractivity contribution >= 4 is 27.1 Å². The lowest BCUT2D eigenvalue weighted by Gasteiger charge is -2.30. The average molecular weight is 438 g/mol. The summed E-state index contributed by atoms with van der Waals surface area (Å²) in [5.41, 5.74) is 2.71. The molecule has 3 aromatic rings. The Hall–Kier alpha value is -2.44. The Bertz CT molecular complexity index is 1210. The fourth-order valence-corrected chi connectivity index (χ4v) is 7.71. The van der Waals surface area contributed by atoms with Crippen molar-refractivity contribution < 1.29 is 13.2 Å². The third-order valence-corrected chi connectivity index (χ3v) is 9.31. The van der Waals surface area contributed by atoms with Crippen LogP contribution in [-0.2, 0) is 21.0 Å². The van der Waals surface area contributed by atoms with Crippen LogP contribution in [0.15, 0.2) is 65.6 Å². The van der Waals surface area contributed by atoms with Crippen LogP contribution in [0.4, 0.5) is 0 Å². The number of nitrogens with one attached hydrogen (secondary N) is 1. The zero-order valence-corrected chi connectivity index (χ0v) is 18.2. The van der Waals surface area contributed by atoms with E-state index in [1.807, 2.05) is 18.2 Å². The molecule has 0 radical (unpaired) electrons. The summed E-state index contributed by atoms with van der Waals surface area (Å²) < 4.78 is 25.2. The quantitative estimate of drug-likeness (QED) is 0.629. The molecule has 5 rings (SSSR count). The van der Waals surface area contributed by atoms with Crippen LogP contribution in [0.1, 0.15) is 46.5 Å². The van der Waals surface area contributed by atoms with Crippen LogP contribution in [0.3, 0.4) is 0 Å². The molecular formula is C24H23NO3S2. The van der Waals surface area contributed by atoms with Crippen molar-refractivity contribution in [3.05, 3.63) is 76.7 Å². The van der Waals surface area contributed by atoms with Gasteiger partial charge in [-0.1, -0.05) is 61.4 Å². The SMILES string of the molecule is O=C(NCC1(c2ccccc2)CCCC1)c1cc2c(s1)-c1ccccc1S(=O)(=O)C2. The lowest BCUT2D eigenvalue weighted by atomic mass is 9.79. The highest BCUT2D eigenvalue weighted by Gasteiger charge is 2.36. The van der Waals surface area contributed by atoms with E-state index in [4.69, 9.17) is 0 Å². The summed E-state index contributed by atoms with van der Waals surface area (Å²) in [5, 5.41) is 3.16. The molecule has 154 valence electrons. The van der Waals surface area contributed by atoms with Gasteiger partial charge in [0.15, 0.2) is 9.84 Å². The van der Waals surface area contributed by atoms with E-state index in [0.717, 1.165) is 23.3 Å². The molecule has 1 saturated carbocycles. The average Bonchev–Trinajstić information content (AvgIpc) is 3.40. The molecule has 2 aliphatic rings. The third kappa shape index (κ3) is 3.28. The van der Waals surface area contributed by atoms with Crippen LogP contribution < -0.4 is 5.32 Å². The number of amides is 1. The van der Waals surface area contributed by atoms with Gasteiger partial charge in [-0.3, -0.25) is 4.79 Å². The first-order valence-corrected chi connectivity index (χ1v) is 12.7. The van der Waals surface area contributed by atoms with E-state index in [1.165, 1.54) is 29.7 Å². The van der Waals surface area contributed by atoms with Gasteiger partial charge in [0.05, 0.1) is 15.5 Å². The highest BCUT2D eigenvalue weighted by Crippen LogP contribution is 2.43. The number of benzene rings is 2. The van der Waals surface area contributed by atoms with Gasteiger partial charge in [0.1, 0.15) is 0 Å². The molecule has 30 heavy (non-hydrogen) atoms. The van der Waals surface area contributed by atoms with E-state index in [0.29, 0.717) is 21.9 Å². The van der Waals surface area contributed by atoms with Crippen LogP contribution in [0.2, 0.25) is 0 Å². The normalized spacial score (nSPS) is 18.4. The Morgan fingerprint density at radius 2 is 1.70 bits per heavy atom. The van der Waals surface area contributed by atoms with Crippen LogP contribution in [0, 0.1) is 0 Å². The molecule has 0 spiro atoms. The maximum Gasteiger partial charge on any atom is 0.261 e. The minimum atomic E-state index is -3.36. The number of fused-ring (bicyclic) bond motifs is 3. The van der Waals surface area contributed by atoms with Crippen molar-refractivity contribution in [1.29, 1.82) is 0 Å². The van der Waals surface area contributed by atoms with Gasteiger partial charge in [-0.15, -0.1) is 11.3 Å². The Morgan fingerprint density at radius 1 is 1.00 bits per heavy atom. The predicted octanol–water partition coefficient (Wildman–Crippen LogP) is 4.94. The maximum atomic E-state index is 13.0. The lowest BCUT2D eigenvalue weighted by molar-refractivity contribution is 0.0947. The molecule has 1 amide bonds. The lowest BCUT2D eigenvalue weighted by Crippen LogP contribution is -2.38. The van der Waals surface area contributed by atoms with Crippen LogP contribution in [0.25, 0.3) is 10.4 Å². The molecule has 1 aliphatic heterocycles. The number of thiophene rings is 1. The standard InChI is InChI=1S/C24H23NO3S2/c26-23(25-16-24(12-6-7-13-24)18-8-2-1-3-9-18)20-14-17-15-30(27,28)21-11-5-4-10-19(21)22(17)29-20/h1-5,8-11,14H,6-7,12-13,15-16H2,(H,25,26). The first-order valence-electron chi connectivity index (χ1n) is 10.3. The van der Waals surface area contributed by atoms with Gasteiger partial charge in [0.25, 0.3) is 5.91 Å². The minimum absolute atomic E-state index is 0.0102. The molecule has 0 saturated heterocycles. The second-order valence-electron chi connectivity index (χ2n) is 8.26. The van der Waals surface area contributed by atoms with Gasteiger partial charge in [0, 0.05) is 22.4 Å². The fourth-order valence-electron chi connectivity index (χ4n) is 4.83. The molecular weight excluding hydrogens is 414 g/mol. The Morgan fingerprint density at radius 3 is 2.47 bits per heavy atom. The molecule has 1 aliphatic carbocycles. The van der Waals surface area contributed by atoms with Crippen molar-refractivity contribution in [2.24, 2.45) is 0 Å². The zero-order chi connectivity index (χ0) is 20.8. The zero-order valence-electron chi connectivity index (χ0n) is 16.6. The minimum Gasteiger partial charge on any atom is -0.350 e. The number of carbonyl (C=O) groups excluding carboxylic acids is 1. The molecule has 0 atom stereocenters. The monoisotopic (exact) mass is 437 g/mol. The second kappa shape index (κ2) is 7.36. The first-order chi connectivity index (χ1) is 14.5. The molecule has 0 bridgehead atoms.